The zero-order valence-corrected chi connectivity index (χ0v) is 9.75. The highest BCUT2D eigenvalue weighted by molar-refractivity contribution is 9.09. The van der Waals surface area contributed by atoms with Crippen molar-refractivity contribution in [3.05, 3.63) is 0 Å². The fraction of sp³-hybridized carbons (Fsp3) is 1.00. The van der Waals surface area contributed by atoms with Gasteiger partial charge in [-0.1, -0.05) is 15.9 Å². The molecule has 1 saturated carbocycles. The van der Waals surface area contributed by atoms with Crippen molar-refractivity contribution in [1.29, 1.82) is 0 Å². The SMILES string of the molecule is CS(=O)(=O)CCCC1(CBr)CC1. The van der Waals surface area contributed by atoms with Gasteiger partial charge >= 0.3 is 0 Å². The second kappa shape index (κ2) is 3.66. The minimum Gasteiger partial charge on any atom is -0.229 e. The van der Waals surface area contributed by atoms with Crippen molar-refractivity contribution >= 4 is 25.8 Å². The van der Waals surface area contributed by atoms with E-state index in [9.17, 15) is 8.42 Å². The molecule has 0 N–H and O–H groups in total. The highest BCUT2D eigenvalue weighted by Gasteiger charge is 2.40. The normalized spacial score (nSPS) is 20.8. The van der Waals surface area contributed by atoms with Crippen molar-refractivity contribution in [2.75, 3.05) is 17.3 Å². The second-order valence-corrected chi connectivity index (χ2v) is 6.69. The van der Waals surface area contributed by atoms with Gasteiger partial charge in [-0.05, 0) is 31.1 Å². The van der Waals surface area contributed by atoms with Crippen LogP contribution >= 0.6 is 15.9 Å². The fourth-order valence-corrected chi connectivity index (χ4v) is 2.85. The summed E-state index contributed by atoms with van der Waals surface area (Å²) < 4.78 is 21.6. The van der Waals surface area contributed by atoms with Crippen molar-refractivity contribution in [3.63, 3.8) is 0 Å². The lowest BCUT2D eigenvalue weighted by molar-refractivity contribution is 0.519. The van der Waals surface area contributed by atoms with E-state index in [4.69, 9.17) is 0 Å². The quantitative estimate of drug-likeness (QED) is 0.704. The minimum absolute atomic E-state index is 0.349. The molecule has 1 aliphatic carbocycles. The van der Waals surface area contributed by atoms with Gasteiger partial charge < -0.3 is 0 Å². The van der Waals surface area contributed by atoms with Gasteiger partial charge in [-0.3, -0.25) is 0 Å². The Labute approximate surface area is 82.8 Å². The van der Waals surface area contributed by atoms with Crippen LogP contribution in [0.25, 0.3) is 0 Å². The Bertz CT molecular complexity index is 242. The molecule has 0 aliphatic heterocycles. The molecule has 72 valence electrons. The van der Waals surface area contributed by atoms with Crippen LogP contribution in [0.5, 0.6) is 0 Å². The van der Waals surface area contributed by atoms with Gasteiger partial charge in [0.1, 0.15) is 9.84 Å². The number of halogens is 1. The average molecular weight is 255 g/mol. The number of hydrogen-bond donors (Lipinski definition) is 0. The van der Waals surface area contributed by atoms with Gasteiger partial charge in [-0.2, -0.15) is 0 Å². The second-order valence-electron chi connectivity index (χ2n) is 3.87. The number of rotatable bonds is 5. The molecule has 0 saturated heterocycles. The number of sulfone groups is 1. The molecule has 1 rings (SSSR count). The Morgan fingerprint density at radius 1 is 1.42 bits per heavy atom. The van der Waals surface area contributed by atoms with Crippen molar-refractivity contribution in [2.24, 2.45) is 5.41 Å². The highest BCUT2D eigenvalue weighted by atomic mass is 79.9. The van der Waals surface area contributed by atoms with E-state index in [-0.39, 0.29) is 0 Å². The van der Waals surface area contributed by atoms with Crippen LogP contribution in [-0.2, 0) is 9.84 Å². The van der Waals surface area contributed by atoms with E-state index in [0.29, 0.717) is 11.2 Å². The standard InChI is InChI=1S/C8H15BrO2S/c1-12(10,11)6-2-3-8(7-9)4-5-8/h2-7H2,1H3. The maximum atomic E-state index is 10.8. The first kappa shape index (κ1) is 10.5. The van der Waals surface area contributed by atoms with Crippen LogP contribution in [0.4, 0.5) is 0 Å². The smallest absolute Gasteiger partial charge is 0.147 e. The molecule has 0 atom stereocenters. The third-order valence-electron chi connectivity index (χ3n) is 2.46. The van der Waals surface area contributed by atoms with Crippen molar-refractivity contribution < 1.29 is 8.42 Å². The van der Waals surface area contributed by atoms with E-state index in [0.717, 1.165) is 18.2 Å². The third-order valence-corrected chi connectivity index (χ3v) is 4.68. The number of alkyl halides is 1. The first-order chi connectivity index (χ1) is 5.47. The Kier molecular flexibility index (Phi) is 3.21. The summed E-state index contributed by atoms with van der Waals surface area (Å²) >= 11 is 3.46. The van der Waals surface area contributed by atoms with E-state index in [1.165, 1.54) is 19.1 Å². The van der Waals surface area contributed by atoms with E-state index < -0.39 is 9.84 Å². The van der Waals surface area contributed by atoms with Crippen molar-refractivity contribution in [1.82, 2.24) is 0 Å². The van der Waals surface area contributed by atoms with Crippen LogP contribution in [0, 0.1) is 5.41 Å². The molecule has 4 heteroatoms. The molecule has 0 spiro atoms. The van der Waals surface area contributed by atoms with Crippen LogP contribution in [-0.4, -0.2) is 25.8 Å². The molecule has 0 aromatic heterocycles. The summed E-state index contributed by atoms with van der Waals surface area (Å²) in [7, 11) is -2.74. The molecule has 2 nitrogen and oxygen atoms in total. The zero-order chi connectivity index (χ0) is 9.24. The van der Waals surface area contributed by atoms with Crippen LogP contribution in [0.3, 0.4) is 0 Å². The monoisotopic (exact) mass is 254 g/mol. The lowest BCUT2D eigenvalue weighted by Crippen LogP contribution is -2.07. The summed E-state index contributed by atoms with van der Waals surface area (Å²) in [5, 5.41) is 1.03. The van der Waals surface area contributed by atoms with Gasteiger partial charge in [0, 0.05) is 17.3 Å². The van der Waals surface area contributed by atoms with E-state index in [2.05, 4.69) is 15.9 Å². The fourth-order valence-electron chi connectivity index (χ4n) is 1.34. The molecule has 0 heterocycles. The van der Waals surface area contributed by atoms with Crippen LogP contribution < -0.4 is 0 Å². The Hall–Kier alpha value is 0.430. The predicted octanol–water partition coefficient (Wildman–Crippen LogP) is 1.99. The molecule has 0 bridgehead atoms. The van der Waals surface area contributed by atoms with E-state index in [1.54, 1.807) is 0 Å². The summed E-state index contributed by atoms with van der Waals surface area (Å²) in [6.45, 7) is 0. The van der Waals surface area contributed by atoms with Crippen LogP contribution in [0.1, 0.15) is 25.7 Å². The Balaban J connectivity index is 2.19. The third kappa shape index (κ3) is 3.44. The maximum Gasteiger partial charge on any atom is 0.147 e. The lowest BCUT2D eigenvalue weighted by atomic mass is 10.0. The predicted molar refractivity (Wildman–Crippen MR) is 54.4 cm³/mol. The molecule has 0 unspecified atom stereocenters. The Morgan fingerprint density at radius 3 is 2.33 bits per heavy atom. The molecule has 12 heavy (non-hydrogen) atoms. The van der Waals surface area contributed by atoms with Crippen molar-refractivity contribution in [2.45, 2.75) is 25.7 Å². The Morgan fingerprint density at radius 2 is 2.00 bits per heavy atom. The van der Waals surface area contributed by atoms with E-state index in [1.807, 2.05) is 0 Å². The molecule has 0 aromatic carbocycles. The summed E-state index contributed by atoms with van der Waals surface area (Å²) in [4.78, 5) is 0. The van der Waals surface area contributed by atoms with Gasteiger partial charge in [0.05, 0.1) is 0 Å². The molecule has 0 radical (unpaired) electrons. The number of hydrogen-bond acceptors (Lipinski definition) is 2. The van der Waals surface area contributed by atoms with Gasteiger partial charge in [0.15, 0.2) is 0 Å². The molecule has 0 amide bonds. The first-order valence-electron chi connectivity index (χ1n) is 4.21. The summed E-state index contributed by atoms with van der Waals surface area (Å²) in [5.74, 6) is 0.349. The van der Waals surface area contributed by atoms with Crippen LogP contribution in [0.15, 0.2) is 0 Å². The zero-order valence-electron chi connectivity index (χ0n) is 7.35. The largest absolute Gasteiger partial charge is 0.229 e. The average Bonchev–Trinajstić information content (AvgIpc) is 2.67. The summed E-state index contributed by atoms with van der Waals surface area (Å²) in [6, 6.07) is 0. The minimum atomic E-state index is -2.74. The summed E-state index contributed by atoms with van der Waals surface area (Å²) in [5.41, 5.74) is 0.463. The van der Waals surface area contributed by atoms with Crippen molar-refractivity contribution in [3.8, 4) is 0 Å². The first-order valence-corrected chi connectivity index (χ1v) is 7.39. The molecular weight excluding hydrogens is 240 g/mol. The molecule has 0 aromatic rings. The van der Waals surface area contributed by atoms with Gasteiger partial charge in [0.25, 0.3) is 0 Å². The molecule has 1 fully saturated rings. The van der Waals surface area contributed by atoms with Gasteiger partial charge in [0.2, 0.25) is 0 Å². The summed E-state index contributed by atoms with van der Waals surface area (Å²) in [6.07, 6.45) is 5.72. The van der Waals surface area contributed by atoms with E-state index >= 15 is 0 Å². The molecule has 1 aliphatic rings. The molecular formula is C8H15BrO2S. The maximum absolute atomic E-state index is 10.8. The van der Waals surface area contributed by atoms with Crippen LogP contribution in [0.2, 0.25) is 0 Å². The lowest BCUT2D eigenvalue weighted by Gasteiger charge is -2.09. The van der Waals surface area contributed by atoms with Gasteiger partial charge in [-0.15, -0.1) is 0 Å². The topological polar surface area (TPSA) is 34.1 Å². The van der Waals surface area contributed by atoms with Gasteiger partial charge in [-0.25, -0.2) is 8.42 Å². The highest BCUT2D eigenvalue weighted by Crippen LogP contribution is 2.50.